The van der Waals surface area contributed by atoms with Crippen LogP contribution in [0.15, 0.2) is 36.7 Å². The largest absolute Gasteiger partial charge is 0.496 e. The first kappa shape index (κ1) is 14.3. The van der Waals surface area contributed by atoms with E-state index in [1.807, 2.05) is 6.07 Å². The molecule has 1 heterocycles. The lowest BCUT2D eigenvalue weighted by Gasteiger charge is -2.21. The standard InChI is InChI=1S/C15H17FN2O2/c1-17-15(11-6-7-18-9-14(11)20-3)12-8-10(16)4-5-13(12)19-2/h4-9,15,17H,1-3H3. The SMILES string of the molecule is CNC(c1ccncc1OC)c1cc(F)ccc1OC. The summed E-state index contributed by atoms with van der Waals surface area (Å²) < 4.78 is 24.2. The molecule has 0 amide bonds. The summed E-state index contributed by atoms with van der Waals surface area (Å²) in [5, 5.41) is 3.16. The van der Waals surface area contributed by atoms with E-state index < -0.39 is 0 Å². The fraction of sp³-hybridized carbons (Fsp3) is 0.267. The number of pyridine rings is 1. The molecule has 0 spiro atoms. The monoisotopic (exact) mass is 276 g/mol. The van der Waals surface area contributed by atoms with Crippen LogP contribution < -0.4 is 14.8 Å². The fourth-order valence-corrected chi connectivity index (χ4v) is 2.21. The zero-order valence-corrected chi connectivity index (χ0v) is 11.7. The Morgan fingerprint density at radius 3 is 2.50 bits per heavy atom. The molecule has 0 aliphatic heterocycles. The van der Waals surface area contributed by atoms with Gasteiger partial charge in [-0.2, -0.15) is 0 Å². The molecule has 1 N–H and O–H groups in total. The molecule has 1 aromatic carbocycles. The zero-order valence-electron chi connectivity index (χ0n) is 11.7. The molecule has 1 aromatic heterocycles. The van der Waals surface area contributed by atoms with Gasteiger partial charge in [-0.3, -0.25) is 4.98 Å². The van der Waals surface area contributed by atoms with Gasteiger partial charge >= 0.3 is 0 Å². The van der Waals surface area contributed by atoms with Gasteiger partial charge < -0.3 is 14.8 Å². The number of benzene rings is 1. The van der Waals surface area contributed by atoms with Gasteiger partial charge in [0.25, 0.3) is 0 Å². The molecule has 106 valence electrons. The molecule has 1 atom stereocenters. The first-order valence-corrected chi connectivity index (χ1v) is 6.19. The van der Waals surface area contributed by atoms with E-state index in [-0.39, 0.29) is 11.9 Å². The normalized spacial score (nSPS) is 12.0. The van der Waals surface area contributed by atoms with Crippen LogP contribution in [0.2, 0.25) is 0 Å². The Bertz CT molecular complexity index is 590. The molecule has 0 fully saturated rings. The van der Waals surface area contributed by atoms with E-state index in [0.29, 0.717) is 17.1 Å². The van der Waals surface area contributed by atoms with E-state index in [1.165, 1.54) is 12.1 Å². The number of rotatable bonds is 5. The molecule has 0 aliphatic carbocycles. The van der Waals surface area contributed by atoms with Crippen LogP contribution >= 0.6 is 0 Å². The first-order valence-electron chi connectivity index (χ1n) is 6.19. The molecular weight excluding hydrogens is 259 g/mol. The number of hydrogen-bond acceptors (Lipinski definition) is 4. The number of nitrogens with zero attached hydrogens (tertiary/aromatic N) is 1. The van der Waals surface area contributed by atoms with Crippen LogP contribution in [0.5, 0.6) is 11.5 Å². The summed E-state index contributed by atoms with van der Waals surface area (Å²) in [6, 6.07) is 6.03. The van der Waals surface area contributed by atoms with Crippen LogP contribution in [0.1, 0.15) is 17.2 Å². The number of nitrogens with one attached hydrogen (secondary N) is 1. The average Bonchev–Trinajstić information content (AvgIpc) is 2.49. The van der Waals surface area contributed by atoms with Gasteiger partial charge in [0.1, 0.15) is 17.3 Å². The molecule has 5 heteroatoms. The second kappa shape index (κ2) is 6.34. The third-order valence-electron chi connectivity index (χ3n) is 3.14. The van der Waals surface area contributed by atoms with E-state index in [2.05, 4.69) is 10.3 Å². The fourth-order valence-electron chi connectivity index (χ4n) is 2.21. The minimum absolute atomic E-state index is 0.251. The van der Waals surface area contributed by atoms with E-state index in [1.54, 1.807) is 39.7 Å². The van der Waals surface area contributed by atoms with E-state index in [4.69, 9.17) is 9.47 Å². The second-order valence-corrected chi connectivity index (χ2v) is 4.23. The number of methoxy groups -OCH3 is 2. The molecule has 0 saturated heterocycles. The van der Waals surface area contributed by atoms with E-state index in [0.717, 1.165) is 5.56 Å². The van der Waals surface area contributed by atoms with Crippen molar-refractivity contribution in [2.45, 2.75) is 6.04 Å². The number of halogens is 1. The van der Waals surface area contributed by atoms with Gasteiger partial charge in [0.15, 0.2) is 0 Å². The number of hydrogen-bond donors (Lipinski definition) is 1. The summed E-state index contributed by atoms with van der Waals surface area (Å²) >= 11 is 0. The molecule has 4 nitrogen and oxygen atoms in total. The van der Waals surface area contributed by atoms with Gasteiger partial charge in [-0.05, 0) is 31.3 Å². The van der Waals surface area contributed by atoms with Gasteiger partial charge in [0.05, 0.1) is 26.5 Å². The third-order valence-corrected chi connectivity index (χ3v) is 3.14. The Kier molecular flexibility index (Phi) is 4.53. The third kappa shape index (κ3) is 2.72. The van der Waals surface area contributed by atoms with Crippen LogP contribution in [-0.4, -0.2) is 26.3 Å². The van der Waals surface area contributed by atoms with Crippen LogP contribution in [0.25, 0.3) is 0 Å². The van der Waals surface area contributed by atoms with Crippen LogP contribution in [0, 0.1) is 5.82 Å². The predicted molar refractivity (Wildman–Crippen MR) is 74.6 cm³/mol. The van der Waals surface area contributed by atoms with Crippen molar-refractivity contribution in [2.75, 3.05) is 21.3 Å². The lowest BCUT2D eigenvalue weighted by Crippen LogP contribution is -2.19. The zero-order chi connectivity index (χ0) is 14.5. The summed E-state index contributed by atoms with van der Waals surface area (Å²) in [5.74, 6) is 0.942. The van der Waals surface area contributed by atoms with E-state index >= 15 is 0 Å². The average molecular weight is 276 g/mol. The van der Waals surface area contributed by atoms with Crippen molar-refractivity contribution in [3.8, 4) is 11.5 Å². The highest BCUT2D eigenvalue weighted by Crippen LogP contribution is 2.34. The maximum Gasteiger partial charge on any atom is 0.142 e. The van der Waals surface area contributed by atoms with Crippen molar-refractivity contribution in [1.82, 2.24) is 10.3 Å². The molecule has 2 aromatic rings. The highest BCUT2D eigenvalue weighted by atomic mass is 19.1. The summed E-state index contributed by atoms with van der Waals surface area (Å²) in [6.45, 7) is 0. The van der Waals surface area contributed by atoms with Crippen molar-refractivity contribution < 1.29 is 13.9 Å². The van der Waals surface area contributed by atoms with Gasteiger partial charge in [0, 0.05) is 17.3 Å². The van der Waals surface area contributed by atoms with Crippen molar-refractivity contribution >= 4 is 0 Å². The Labute approximate surface area is 117 Å². The van der Waals surface area contributed by atoms with Crippen LogP contribution in [0.4, 0.5) is 4.39 Å². The highest BCUT2D eigenvalue weighted by molar-refractivity contribution is 5.45. The van der Waals surface area contributed by atoms with Crippen molar-refractivity contribution in [3.05, 3.63) is 53.6 Å². The molecule has 0 saturated carbocycles. The Morgan fingerprint density at radius 1 is 1.10 bits per heavy atom. The Hall–Kier alpha value is -2.14. The first-order chi connectivity index (χ1) is 9.71. The molecule has 0 bridgehead atoms. The summed E-state index contributed by atoms with van der Waals surface area (Å²) in [7, 11) is 4.94. The summed E-state index contributed by atoms with van der Waals surface area (Å²) in [6.07, 6.45) is 3.30. The maximum atomic E-state index is 13.6. The summed E-state index contributed by atoms with van der Waals surface area (Å²) in [4.78, 5) is 4.03. The Balaban J connectivity index is 2.55. The molecule has 2 rings (SSSR count). The van der Waals surface area contributed by atoms with Crippen molar-refractivity contribution in [2.24, 2.45) is 0 Å². The lowest BCUT2D eigenvalue weighted by atomic mass is 9.98. The number of aromatic nitrogens is 1. The van der Waals surface area contributed by atoms with Crippen LogP contribution in [0.3, 0.4) is 0 Å². The van der Waals surface area contributed by atoms with Gasteiger partial charge in [-0.25, -0.2) is 4.39 Å². The Morgan fingerprint density at radius 2 is 1.85 bits per heavy atom. The minimum atomic E-state index is -0.311. The summed E-state index contributed by atoms with van der Waals surface area (Å²) in [5.41, 5.74) is 1.58. The van der Waals surface area contributed by atoms with E-state index in [9.17, 15) is 4.39 Å². The predicted octanol–water partition coefficient (Wildman–Crippen LogP) is 2.55. The molecule has 1 unspecified atom stereocenters. The molecular formula is C15H17FN2O2. The lowest BCUT2D eigenvalue weighted by molar-refractivity contribution is 0.394. The quantitative estimate of drug-likeness (QED) is 0.911. The molecule has 0 aliphatic rings. The van der Waals surface area contributed by atoms with Crippen molar-refractivity contribution in [1.29, 1.82) is 0 Å². The second-order valence-electron chi connectivity index (χ2n) is 4.23. The molecule has 20 heavy (non-hydrogen) atoms. The highest BCUT2D eigenvalue weighted by Gasteiger charge is 2.20. The van der Waals surface area contributed by atoms with Gasteiger partial charge in [0.2, 0.25) is 0 Å². The van der Waals surface area contributed by atoms with Crippen molar-refractivity contribution in [3.63, 3.8) is 0 Å². The molecule has 0 radical (unpaired) electrons. The van der Waals surface area contributed by atoms with Crippen LogP contribution in [-0.2, 0) is 0 Å². The minimum Gasteiger partial charge on any atom is -0.496 e. The maximum absolute atomic E-state index is 13.6. The topological polar surface area (TPSA) is 43.4 Å². The van der Waals surface area contributed by atoms with Gasteiger partial charge in [-0.1, -0.05) is 0 Å². The number of ether oxygens (including phenoxy) is 2. The smallest absolute Gasteiger partial charge is 0.142 e. The van der Waals surface area contributed by atoms with Gasteiger partial charge in [-0.15, -0.1) is 0 Å².